The van der Waals surface area contributed by atoms with Gasteiger partial charge in [-0.3, -0.25) is 10.1 Å². The van der Waals surface area contributed by atoms with Crippen molar-refractivity contribution in [2.24, 2.45) is 5.92 Å². The number of nitrogens with zero attached hydrogens (tertiary/aromatic N) is 1. The van der Waals surface area contributed by atoms with E-state index in [1.165, 1.54) is 7.11 Å². The summed E-state index contributed by atoms with van der Waals surface area (Å²) in [4.78, 5) is 15.5. The van der Waals surface area contributed by atoms with Crippen molar-refractivity contribution in [3.8, 4) is 0 Å². The minimum Gasteiger partial charge on any atom is -0.468 e. The summed E-state index contributed by atoms with van der Waals surface area (Å²) in [7, 11) is 1.41. The summed E-state index contributed by atoms with van der Waals surface area (Å²) < 4.78 is 4.73. The fourth-order valence-corrected chi connectivity index (χ4v) is 1.82. The molecular formula is C10H16N2O2S. The van der Waals surface area contributed by atoms with Crippen molar-refractivity contribution in [1.82, 2.24) is 10.3 Å². The summed E-state index contributed by atoms with van der Waals surface area (Å²) >= 11 is 1.57. The van der Waals surface area contributed by atoms with Gasteiger partial charge in [0, 0.05) is 18.1 Å². The molecule has 0 aromatic carbocycles. The van der Waals surface area contributed by atoms with Crippen molar-refractivity contribution in [2.45, 2.75) is 26.4 Å². The van der Waals surface area contributed by atoms with Gasteiger partial charge in [-0.1, -0.05) is 13.8 Å². The van der Waals surface area contributed by atoms with Gasteiger partial charge in [0.1, 0.15) is 11.0 Å². The zero-order chi connectivity index (χ0) is 11.3. The number of carbonyl (C=O) groups is 1. The van der Waals surface area contributed by atoms with Gasteiger partial charge in [0.15, 0.2) is 0 Å². The number of carbonyl (C=O) groups excluding carboxylic acids is 1. The van der Waals surface area contributed by atoms with E-state index in [2.05, 4.69) is 10.3 Å². The Hall–Kier alpha value is -0.940. The maximum Gasteiger partial charge on any atom is 0.323 e. The van der Waals surface area contributed by atoms with Gasteiger partial charge < -0.3 is 4.74 Å². The third-order valence-electron chi connectivity index (χ3n) is 2.08. The second-order valence-corrected chi connectivity index (χ2v) is 4.53. The Balaban J connectivity index is 2.49. The van der Waals surface area contributed by atoms with Gasteiger partial charge in [-0.05, 0) is 5.92 Å². The fourth-order valence-electron chi connectivity index (χ4n) is 1.26. The quantitative estimate of drug-likeness (QED) is 0.775. The van der Waals surface area contributed by atoms with E-state index in [0.717, 1.165) is 5.01 Å². The van der Waals surface area contributed by atoms with E-state index in [-0.39, 0.29) is 17.9 Å². The van der Waals surface area contributed by atoms with E-state index in [9.17, 15) is 4.79 Å². The predicted octanol–water partition coefficient (Wildman–Crippen LogP) is 1.43. The Morgan fingerprint density at radius 2 is 2.40 bits per heavy atom. The molecule has 0 aliphatic heterocycles. The van der Waals surface area contributed by atoms with Gasteiger partial charge in [0.2, 0.25) is 0 Å². The van der Waals surface area contributed by atoms with Crippen LogP contribution in [0.3, 0.4) is 0 Å². The Kier molecular flexibility index (Phi) is 4.71. The molecule has 1 aromatic heterocycles. The van der Waals surface area contributed by atoms with Crippen LogP contribution in [0.4, 0.5) is 0 Å². The molecule has 15 heavy (non-hydrogen) atoms. The van der Waals surface area contributed by atoms with Gasteiger partial charge in [0.05, 0.1) is 7.11 Å². The van der Waals surface area contributed by atoms with Gasteiger partial charge in [-0.2, -0.15) is 0 Å². The summed E-state index contributed by atoms with van der Waals surface area (Å²) in [6.07, 6.45) is 1.75. The van der Waals surface area contributed by atoms with E-state index in [1.807, 2.05) is 19.2 Å². The van der Waals surface area contributed by atoms with Crippen LogP contribution in [0, 0.1) is 5.92 Å². The molecule has 0 amide bonds. The summed E-state index contributed by atoms with van der Waals surface area (Å²) in [6, 6.07) is -0.265. The van der Waals surface area contributed by atoms with Crippen LogP contribution in [0.25, 0.3) is 0 Å². The van der Waals surface area contributed by atoms with E-state index in [0.29, 0.717) is 6.54 Å². The molecule has 0 fully saturated rings. The lowest BCUT2D eigenvalue weighted by molar-refractivity contribution is -0.144. The topological polar surface area (TPSA) is 51.2 Å². The highest BCUT2D eigenvalue weighted by atomic mass is 32.1. The Morgan fingerprint density at radius 1 is 1.67 bits per heavy atom. The largest absolute Gasteiger partial charge is 0.468 e. The average molecular weight is 228 g/mol. The first-order chi connectivity index (χ1) is 7.15. The molecule has 0 saturated heterocycles. The maximum atomic E-state index is 11.4. The minimum atomic E-state index is -0.265. The van der Waals surface area contributed by atoms with Crippen molar-refractivity contribution >= 4 is 17.3 Å². The number of hydrogen-bond donors (Lipinski definition) is 1. The molecule has 84 valence electrons. The second kappa shape index (κ2) is 5.82. The highest BCUT2D eigenvalue weighted by molar-refractivity contribution is 7.09. The van der Waals surface area contributed by atoms with Crippen LogP contribution in [0.15, 0.2) is 11.6 Å². The molecule has 1 atom stereocenters. The third-order valence-corrected chi connectivity index (χ3v) is 2.86. The summed E-state index contributed by atoms with van der Waals surface area (Å²) in [5, 5.41) is 6.04. The molecule has 1 aromatic rings. The number of thiazole rings is 1. The monoisotopic (exact) mass is 228 g/mol. The van der Waals surface area contributed by atoms with Crippen molar-refractivity contribution in [1.29, 1.82) is 0 Å². The van der Waals surface area contributed by atoms with Gasteiger partial charge >= 0.3 is 5.97 Å². The molecule has 4 nitrogen and oxygen atoms in total. The van der Waals surface area contributed by atoms with Crippen molar-refractivity contribution in [3.63, 3.8) is 0 Å². The normalized spacial score (nSPS) is 12.8. The molecule has 1 rings (SSSR count). The van der Waals surface area contributed by atoms with Crippen LogP contribution in [-0.4, -0.2) is 24.1 Å². The number of aromatic nitrogens is 1. The number of rotatable bonds is 5. The van der Waals surface area contributed by atoms with Crippen LogP contribution in [0.1, 0.15) is 18.9 Å². The summed E-state index contributed by atoms with van der Waals surface area (Å²) in [6.45, 7) is 4.57. The van der Waals surface area contributed by atoms with Crippen molar-refractivity contribution in [3.05, 3.63) is 16.6 Å². The van der Waals surface area contributed by atoms with Crippen LogP contribution in [0.2, 0.25) is 0 Å². The molecule has 1 unspecified atom stereocenters. The Morgan fingerprint density at radius 3 is 2.87 bits per heavy atom. The predicted molar refractivity (Wildman–Crippen MR) is 59.6 cm³/mol. The lowest BCUT2D eigenvalue weighted by Crippen LogP contribution is -2.41. The number of methoxy groups -OCH3 is 1. The van der Waals surface area contributed by atoms with Gasteiger partial charge in [-0.25, -0.2) is 4.98 Å². The fraction of sp³-hybridized carbons (Fsp3) is 0.600. The molecule has 5 heteroatoms. The lowest BCUT2D eigenvalue weighted by atomic mass is 10.1. The first-order valence-electron chi connectivity index (χ1n) is 4.84. The lowest BCUT2D eigenvalue weighted by Gasteiger charge is -2.18. The molecule has 0 spiro atoms. The smallest absolute Gasteiger partial charge is 0.323 e. The SMILES string of the molecule is COC(=O)C(NCc1nccs1)C(C)C. The Bertz CT molecular complexity index is 298. The van der Waals surface area contributed by atoms with E-state index in [4.69, 9.17) is 4.74 Å². The van der Waals surface area contributed by atoms with Crippen LogP contribution in [-0.2, 0) is 16.1 Å². The molecule has 0 bridgehead atoms. The molecule has 0 aliphatic rings. The number of hydrogen-bond acceptors (Lipinski definition) is 5. The number of nitrogens with one attached hydrogen (secondary N) is 1. The molecule has 0 saturated carbocycles. The van der Waals surface area contributed by atoms with E-state index < -0.39 is 0 Å². The zero-order valence-corrected chi connectivity index (χ0v) is 10.0. The number of esters is 1. The summed E-state index contributed by atoms with van der Waals surface area (Å²) in [5.41, 5.74) is 0. The zero-order valence-electron chi connectivity index (χ0n) is 9.19. The molecular weight excluding hydrogens is 212 g/mol. The van der Waals surface area contributed by atoms with Gasteiger partial charge in [-0.15, -0.1) is 11.3 Å². The second-order valence-electron chi connectivity index (χ2n) is 3.55. The highest BCUT2D eigenvalue weighted by Crippen LogP contribution is 2.07. The van der Waals surface area contributed by atoms with Crippen LogP contribution in [0.5, 0.6) is 0 Å². The van der Waals surface area contributed by atoms with E-state index >= 15 is 0 Å². The third kappa shape index (κ3) is 3.60. The minimum absolute atomic E-state index is 0.206. The molecule has 0 radical (unpaired) electrons. The van der Waals surface area contributed by atoms with Crippen LogP contribution < -0.4 is 5.32 Å². The molecule has 1 heterocycles. The van der Waals surface area contributed by atoms with Gasteiger partial charge in [0.25, 0.3) is 0 Å². The standard InChI is InChI=1S/C10H16N2O2S/c1-7(2)9(10(13)14-3)12-6-8-11-4-5-15-8/h4-5,7,9,12H,6H2,1-3H3. The average Bonchev–Trinajstić information content (AvgIpc) is 2.70. The first-order valence-corrected chi connectivity index (χ1v) is 5.72. The molecule has 0 aliphatic carbocycles. The number of ether oxygens (including phenoxy) is 1. The Labute approximate surface area is 93.7 Å². The van der Waals surface area contributed by atoms with Crippen LogP contribution >= 0.6 is 11.3 Å². The van der Waals surface area contributed by atoms with Crippen molar-refractivity contribution < 1.29 is 9.53 Å². The maximum absolute atomic E-state index is 11.4. The molecule has 1 N–H and O–H groups in total. The highest BCUT2D eigenvalue weighted by Gasteiger charge is 2.22. The van der Waals surface area contributed by atoms with E-state index in [1.54, 1.807) is 17.5 Å². The first kappa shape index (κ1) is 12.1. The summed E-state index contributed by atoms with van der Waals surface area (Å²) in [5.74, 6) is -0.0148. The van der Waals surface area contributed by atoms with Crippen molar-refractivity contribution in [2.75, 3.05) is 7.11 Å².